The number of nitrogens with zero attached hydrogens (tertiary/aromatic N) is 1. The first-order chi connectivity index (χ1) is 13.1. The maximum atomic E-state index is 13.8. The molecule has 1 fully saturated rings. The Labute approximate surface area is 165 Å². The molecule has 1 heterocycles. The quantitative estimate of drug-likeness (QED) is 0.459. The lowest BCUT2D eigenvalue weighted by molar-refractivity contribution is -0.135. The Morgan fingerprint density at radius 1 is 1.36 bits per heavy atom. The molecule has 0 aromatic heterocycles. The lowest BCUT2D eigenvalue weighted by Gasteiger charge is -2.18. The van der Waals surface area contributed by atoms with Crippen molar-refractivity contribution in [3.05, 3.63) is 65.2 Å². The van der Waals surface area contributed by atoms with Crippen molar-refractivity contribution in [2.75, 3.05) is 26.0 Å². The maximum Gasteiger partial charge on any atom is 0.237 e. The molecule has 1 N–H and O–H groups in total. The van der Waals surface area contributed by atoms with E-state index in [2.05, 4.69) is 11.9 Å². The molecule has 0 spiro atoms. The fourth-order valence-electron chi connectivity index (χ4n) is 3.30. The van der Waals surface area contributed by atoms with E-state index in [0.717, 1.165) is 11.3 Å². The molecule has 5 nitrogen and oxygen atoms in total. The van der Waals surface area contributed by atoms with Gasteiger partial charge in [-0.3, -0.25) is 9.59 Å². The van der Waals surface area contributed by atoms with Crippen LogP contribution in [0.5, 0.6) is 0 Å². The van der Waals surface area contributed by atoms with Crippen molar-refractivity contribution in [3.8, 4) is 0 Å². The Bertz CT molecular complexity index is 857. The summed E-state index contributed by atoms with van der Waals surface area (Å²) in [5, 5.41) is 2.70. The second kappa shape index (κ2) is 8.87. The molecule has 1 aromatic carbocycles. The average Bonchev–Trinajstić information content (AvgIpc) is 2.94. The van der Waals surface area contributed by atoms with Gasteiger partial charge in [-0.15, -0.1) is 0 Å². The Morgan fingerprint density at radius 2 is 2.04 bits per heavy atom. The van der Waals surface area contributed by atoms with Crippen molar-refractivity contribution in [3.63, 3.8) is 0 Å². The van der Waals surface area contributed by atoms with E-state index in [1.54, 1.807) is 27.1 Å². The number of carbonyl (C=O) groups excluding carboxylic acids is 2. The van der Waals surface area contributed by atoms with Crippen LogP contribution in [0.25, 0.3) is 0 Å². The number of methoxy groups -OCH3 is 1. The zero-order valence-corrected chi connectivity index (χ0v) is 17.0. The summed E-state index contributed by atoms with van der Waals surface area (Å²) >= 11 is 0. The minimum atomic E-state index is -0.906. The summed E-state index contributed by atoms with van der Waals surface area (Å²) in [5.41, 5.74) is 2.29. The number of anilines is 1. The van der Waals surface area contributed by atoms with E-state index >= 15 is 0 Å². The van der Waals surface area contributed by atoms with Crippen molar-refractivity contribution in [1.29, 1.82) is 0 Å². The van der Waals surface area contributed by atoms with E-state index in [4.69, 9.17) is 4.74 Å². The van der Waals surface area contributed by atoms with Crippen molar-refractivity contribution < 1.29 is 18.7 Å². The molecule has 1 aliphatic rings. The summed E-state index contributed by atoms with van der Waals surface area (Å²) in [7, 11) is 3.25. The third-order valence-corrected chi connectivity index (χ3v) is 4.97. The number of likely N-dealkylation sites (tertiary alicyclic amines) is 1. The number of benzene rings is 1. The number of amides is 2. The van der Waals surface area contributed by atoms with Gasteiger partial charge in [0.2, 0.25) is 11.8 Å². The predicted octanol–water partition coefficient (Wildman–Crippen LogP) is 3.83. The van der Waals surface area contributed by atoms with Gasteiger partial charge >= 0.3 is 0 Å². The Morgan fingerprint density at radius 3 is 2.68 bits per heavy atom. The molecule has 0 saturated carbocycles. The normalized spacial score (nSPS) is 20.4. The van der Waals surface area contributed by atoms with Gasteiger partial charge in [0.15, 0.2) is 0 Å². The molecule has 0 radical (unpaired) electrons. The molecule has 0 bridgehead atoms. The lowest BCUT2D eigenvalue weighted by atomic mass is 9.87. The third-order valence-electron chi connectivity index (χ3n) is 4.97. The highest BCUT2D eigenvalue weighted by Gasteiger charge is 2.44. The van der Waals surface area contributed by atoms with E-state index in [0.29, 0.717) is 23.4 Å². The van der Waals surface area contributed by atoms with Gasteiger partial charge in [-0.2, -0.15) is 0 Å². The summed E-state index contributed by atoms with van der Waals surface area (Å²) in [6.07, 6.45) is 3.71. The molecule has 0 unspecified atom stereocenters. The molecule has 2 amide bonds. The number of nitrogens with one attached hydrogen (secondary N) is 1. The molecule has 2 rings (SSSR count). The summed E-state index contributed by atoms with van der Waals surface area (Å²) in [4.78, 5) is 27.0. The molecular weight excluding hydrogens is 359 g/mol. The van der Waals surface area contributed by atoms with Crippen LogP contribution in [-0.4, -0.2) is 37.4 Å². The van der Waals surface area contributed by atoms with E-state index in [-0.39, 0.29) is 11.8 Å². The van der Waals surface area contributed by atoms with Crippen LogP contribution in [0.1, 0.15) is 19.4 Å². The molecule has 2 atom stereocenters. The number of carbonyl (C=O) groups is 2. The lowest BCUT2D eigenvalue weighted by Crippen LogP contribution is -2.33. The summed E-state index contributed by atoms with van der Waals surface area (Å²) in [6.45, 7) is 9.81. The van der Waals surface area contributed by atoms with Crippen LogP contribution < -0.4 is 5.32 Å². The summed E-state index contributed by atoms with van der Waals surface area (Å²) in [5.74, 6) is -1.66. The van der Waals surface area contributed by atoms with Crippen molar-refractivity contribution in [2.24, 2.45) is 11.8 Å². The summed E-state index contributed by atoms with van der Waals surface area (Å²) < 4.78 is 18.9. The number of ether oxygens (including phenoxy) is 1. The highest BCUT2D eigenvalue weighted by atomic mass is 19.1. The number of allylic oxidation sites excluding steroid dienone is 4. The number of halogens is 1. The van der Waals surface area contributed by atoms with E-state index in [1.165, 1.54) is 17.0 Å². The van der Waals surface area contributed by atoms with E-state index in [1.807, 2.05) is 26.0 Å². The van der Waals surface area contributed by atoms with E-state index in [9.17, 15) is 14.0 Å². The standard InChI is InChI=1S/C22H27FN2O3/c1-13(11-15(3)28-6)10-14(2)17-12-25(5)22(27)20(17)21(26)24-19-9-7-8-18(23)16(19)4/h7-11,17,20H,2,12H2,1,3-6H3,(H,24,26)/b13-10-,15-11+/t17-,20+/m0/s1. The molecule has 1 aromatic rings. The second-order valence-corrected chi connectivity index (χ2v) is 7.13. The molecule has 6 heteroatoms. The molecule has 1 aliphatic heterocycles. The van der Waals surface area contributed by atoms with Crippen LogP contribution in [0.2, 0.25) is 0 Å². The van der Waals surface area contributed by atoms with Gasteiger partial charge in [-0.1, -0.05) is 18.7 Å². The Balaban J connectivity index is 2.26. The van der Waals surface area contributed by atoms with Crippen molar-refractivity contribution >= 4 is 17.5 Å². The van der Waals surface area contributed by atoms with Gasteiger partial charge in [-0.05, 0) is 50.1 Å². The predicted molar refractivity (Wildman–Crippen MR) is 108 cm³/mol. The number of hydrogen-bond acceptors (Lipinski definition) is 3. The van der Waals surface area contributed by atoms with Crippen LogP contribution in [0, 0.1) is 24.6 Å². The SMILES string of the molecule is C=C(/C=C(C)\C=C(/C)OC)[C@@H]1CN(C)C(=O)[C@H]1C(=O)Nc1cccc(F)c1C. The summed E-state index contributed by atoms with van der Waals surface area (Å²) in [6, 6.07) is 4.46. The molecule has 28 heavy (non-hydrogen) atoms. The van der Waals surface area contributed by atoms with Gasteiger partial charge in [0.05, 0.1) is 12.9 Å². The van der Waals surface area contributed by atoms with Crippen LogP contribution in [0.3, 0.4) is 0 Å². The number of rotatable bonds is 6. The molecule has 0 aliphatic carbocycles. The van der Waals surface area contributed by atoms with Crippen LogP contribution in [-0.2, 0) is 14.3 Å². The van der Waals surface area contributed by atoms with Gasteiger partial charge in [0, 0.05) is 30.8 Å². The topological polar surface area (TPSA) is 58.6 Å². The van der Waals surface area contributed by atoms with Crippen molar-refractivity contribution in [1.82, 2.24) is 4.90 Å². The van der Waals surface area contributed by atoms with Crippen molar-refractivity contribution in [2.45, 2.75) is 20.8 Å². The average molecular weight is 386 g/mol. The first-order valence-corrected chi connectivity index (χ1v) is 9.06. The van der Waals surface area contributed by atoms with Gasteiger partial charge in [0.25, 0.3) is 0 Å². The third kappa shape index (κ3) is 4.68. The monoisotopic (exact) mass is 386 g/mol. The molecular formula is C22H27FN2O3. The zero-order valence-electron chi connectivity index (χ0n) is 17.0. The fourth-order valence-corrected chi connectivity index (χ4v) is 3.30. The highest BCUT2D eigenvalue weighted by Crippen LogP contribution is 2.32. The zero-order chi connectivity index (χ0) is 21.0. The minimum absolute atomic E-state index is 0.271. The number of hydrogen-bond donors (Lipinski definition) is 1. The van der Waals surface area contributed by atoms with Gasteiger partial charge in [-0.25, -0.2) is 4.39 Å². The molecule has 150 valence electrons. The smallest absolute Gasteiger partial charge is 0.237 e. The fraction of sp³-hybridized carbons (Fsp3) is 0.364. The van der Waals surface area contributed by atoms with Crippen LogP contribution >= 0.6 is 0 Å². The van der Waals surface area contributed by atoms with Gasteiger partial charge in [0.1, 0.15) is 11.7 Å². The van der Waals surface area contributed by atoms with Gasteiger partial charge < -0.3 is 15.0 Å². The largest absolute Gasteiger partial charge is 0.501 e. The highest BCUT2D eigenvalue weighted by molar-refractivity contribution is 6.08. The van der Waals surface area contributed by atoms with E-state index < -0.39 is 17.6 Å². The Kier molecular flexibility index (Phi) is 6.78. The minimum Gasteiger partial charge on any atom is -0.501 e. The van der Waals surface area contributed by atoms with Crippen LogP contribution in [0.15, 0.2) is 53.8 Å². The first kappa shape index (κ1) is 21.4. The first-order valence-electron chi connectivity index (χ1n) is 9.06. The Hall–Kier alpha value is -2.89. The van der Waals surface area contributed by atoms with Crippen LogP contribution in [0.4, 0.5) is 10.1 Å². The second-order valence-electron chi connectivity index (χ2n) is 7.13. The molecule has 1 saturated heterocycles. The maximum absolute atomic E-state index is 13.8.